The Morgan fingerprint density at radius 2 is 1.88 bits per heavy atom. The first-order chi connectivity index (χ1) is 10.9. The Morgan fingerprint density at radius 3 is 2.46 bits per heavy atom. The van der Waals surface area contributed by atoms with E-state index in [1.807, 2.05) is 17.5 Å². The van der Waals surface area contributed by atoms with Crippen LogP contribution in [-0.4, -0.2) is 31.1 Å². The molecule has 8 heteroatoms. The van der Waals surface area contributed by atoms with Crippen LogP contribution in [0, 0.1) is 0 Å². The third kappa shape index (κ3) is 4.52. The lowest BCUT2D eigenvalue weighted by atomic mass is 10.00. The van der Waals surface area contributed by atoms with Crippen molar-refractivity contribution >= 4 is 39.7 Å². The second-order valence-electron chi connectivity index (χ2n) is 5.47. The highest BCUT2D eigenvalue weighted by atomic mass is 79.9. The number of benzene rings is 1. The largest absolute Gasteiger partial charge is 0.416 e. The molecular weight excluding hydrogens is 425 g/mol. The van der Waals surface area contributed by atoms with Gasteiger partial charge in [-0.3, -0.25) is 4.90 Å². The topological polar surface area (TPSA) is 15.3 Å². The first kappa shape index (κ1) is 19.7. The molecule has 2 nitrogen and oxygen atoms in total. The monoisotopic (exact) mass is 440 g/mol. The Kier molecular flexibility index (Phi) is 6.73. The molecule has 1 fully saturated rings. The third-order valence-corrected chi connectivity index (χ3v) is 5.28. The minimum Gasteiger partial charge on any atom is -0.314 e. The first-order valence-corrected chi connectivity index (χ1v) is 8.98. The van der Waals surface area contributed by atoms with Gasteiger partial charge in [0.2, 0.25) is 0 Å². The number of halogens is 5. The van der Waals surface area contributed by atoms with Gasteiger partial charge < -0.3 is 5.32 Å². The molecule has 0 saturated carbocycles. The smallest absolute Gasteiger partial charge is 0.314 e. The van der Waals surface area contributed by atoms with Crippen molar-refractivity contribution in [2.75, 3.05) is 26.2 Å². The molecule has 1 saturated heterocycles. The second-order valence-corrected chi connectivity index (χ2v) is 7.37. The molecule has 0 bridgehead atoms. The van der Waals surface area contributed by atoms with Crippen LogP contribution in [0.25, 0.3) is 0 Å². The van der Waals surface area contributed by atoms with Gasteiger partial charge in [0.25, 0.3) is 0 Å². The molecule has 1 aromatic carbocycles. The van der Waals surface area contributed by atoms with Gasteiger partial charge >= 0.3 is 6.18 Å². The highest BCUT2D eigenvalue weighted by Crippen LogP contribution is 2.38. The molecule has 3 rings (SSSR count). The van der Waals surface area contributed by atoms with Crippen molar-refractivity contribution in [3.63, 3.8) is 0 Å². The van der Waals surface area contributed by atoms with E-state index in [1.165, 1.54) is 6.07 Å². The molecule has 1 aliphatic rings. The molecule has 0 unspecified atom stereocenters. The fourth-order valence-corrected chi connectivity index (χ4v) is 4.27. The normalized spacial score (nSPS) is 17.3. The van der Waals surface area contributed by atoms with Gasteiger partial charge in [0.05, 0.1) is 11.6 Å². The van der Waals surface area contributed by atoms with Gasteiger partial charge in [-0.25, -0.2) is 0 Å². The van der Waals surface area contributed by atoms with E-state index < -0.39 is 11.7 Å². The number of piperazine rings is 1. The summed E-state index contributed by atoms with van der Waals surface area (Å²) in [6.07, 6.45) is -4.35. The highest BCUT2D eigenvalue weighted by Gasteiger charge is 2.33. The van der Waals surface area contributed by atoms with Crippen molar-refractivity contribution < 1.29 is 13.2 Å². The van der Waals surface area contributed by atoms with Gasteiger partial charge in [0.1, 0.15) is 0 Å². The Labute approximate surface area is 157 Å². The zero-order chi connectivity index (χ0) is 16.4. The number of nitrogens with one attached hydrogen (secondary N) is 1. The number of hydrogen-bond donors (Lipinski definition) is 1. The maximum atomic E-state index is 13.2. The summed E-state index contributed by atoms with van der Waals surface area (Å²) in [4.78, 5) is 3.31. The molecule has 1 atom stereocenters. The van der Waals surface area contributed by atoms with Gasteiger partial charge in [-0.1, -0.05) is 22.0 Å². The Balaban J connectivity index is 0.00000208. The SMILES string of the molecule is Cl.FC(F)(F)c1cc(Br)cc([C@H](c2cccs2)N2CCNCC2)c1. The molecule has 2 aromatic rings. The summed E-state index contributed by atoms with van der Waals surface area (Å²) >= 11 is 4.81. The van der Waals surface area contributed by atoms with Crippen LogP contribution in [0.2, 0.25) is 0 Å². The molecule has 24 heavy (non-hydrogen) atoms. The van der Waals surface area contributed by atoms with E-state index in [9.17, 15) is 13.2 Å². The van der Waals surface area contributed by atoms with E-state index in [0.717, 1.165) is 37.1 Å². The Bertz CT molecular complexity index is 658. The minimum absolute atomic E-state index is 0. The summed E-state index contributed by atoms with van der Waals surface area (Å²) in [5, 5.41) is 5.25. The highest BCUT2D eigenvalue weighted by molar-refractivity contribution is 9.10. The van der Waals surface area contributed by atoms with Crippen LogP contribution in [0.1, 0.15) is 22.0 Å². The summed E-state index contributed by atoms with van der Waals surface area (Å²) in [5.41, 5.74) is 0.0645. The van der Waals surface area contributed by atoms with Crippen molar-refractivity contribution in [1.82, 2.24) is 10.2 Å². The fraction of sp³-hybridized carbons (Fsp3) is 0.375. The molecule has 0 aliphatic carbocycles. The molecule has 2 heterocycles. The average Bonchev–Trinajstić information content (AvgIpc) is 3.01. The fourth-order valence-electron chi connectivity index (χ4n) is 2.88. The van der Waals surface area contributed by atoms with E-state index in [-0.39, 0.29) is 18.4 Å². The molecule has 1 aromatic heterocycles. The summed E-state index contributed by atoms with van der Waals surface area (Å²) in [6.45, 7) is 3.33. The van der Waals surface area contributed by atoms with Crippen molar-refractivity contribution in [1.29, 1.82) is 0 Å². The van der Waals surface area contributed by atoms with Gasteiger partial charge in [0, 0.05) is 35.5 Å². The van der Waals surface area contributed by atoms with E-state index in [0.29, 0.717) is 10.0 Å². The number of nitrogens with zero attached hydrogens (tertiary/aromatic N) is 1. The average molecular weight is 442 g/mol. The third-order valence-electron chi connectivity index (χ3n) is 3.89. The van der Waals surface area contributed by atoms with Crippen LogP contribution in [0.3, 0.4) is 0 Å². The van der Waals surface area contributed by atoms with Gasteiger partial charge in [-0.2, -0.15) is 13.2 Å². The van der Waals surface area contributed by atoms with Gasteiger partial charge in [-0.05, 0) is 35.2 Å². The Hall–Kier alpha value is -0.600. The van der Waals surface area contributed by atoms with E-state index in [1.54, 1.807) is 17.4 Å². The lowest BCUT2D eigenvalue weighted by molar-refractivity contribution is -0.137. The number of hydrogen-bond acceptors (Lipinski definition) is 3. The predicted octanol–water partition coefficient (Wildman–Crippen LogP) is 4.95. The second kappa shape index (κ2) is 8.19. The van der Waals surface area contributed by atoms with Crippen molar-refractivity contribution in [2.45, 2.75) is 12.2 Å². The lowest BCUT2D eigenvalue weighted by Gasteiger charge is -2.35. The van der Waals surface area contributed by atoms with Crippen LogP contribution in [-0.2, 0) is 6.18 Å². The van der Waals surface area contributed by atoms with E-state index in [4.69, 9.17) is 0 Å². The number of alkyl halides is 3. The molecule has 1 N–H and O–H groups in total. The molecule has 0 amide bonds. The quantitative estimate of drug-likeness (QED) is 0.725. The standard InChI is InChI=1S/C16H16BrF3N2S.ClH/c17-13-9-11(8-12(10-13)16(18,19)20)15(14-2-1-7-23-14)22-5-3-21-4-6-22;/h1-2,7-10,15,21H,3-6H2;1H/t15-;/m1./s1. The van der Waals surface area contributed by atoms with E-state index >= 15 is 0 Å². The zero-order valence-corrected chi connectivity index (χ0v) is 15.9. The maximum absolute atomic E-state index is 13.2. The zero-order valence-electron chi connectivity index (χ0n) is 12.6. The van der Waals surface area contributed by atoms with Crippen LogP contribution in [0.5, 0.6) is 0 Å². The predicted molar refractivity (Wildman–Crippen MR) is 97.0 cm³/mol. The maximum Gasteiger partial charge on any atom is 0.416 e. The lowest BCUT2D eigenvalue weighted by Crippen LogP contribution is -2.45. The van der Waals surface area contributed by atoms with Crippen LogP contribution in [0.4, 0.5) is 13.2 Å². The Morgan fingerprint density at radius 1 is 1.17 bits per heavy atom. The summed E-state index contributed by atoms with van der Waals surface area (Å²) in [5.74, 6) is 0. The van der Waals surface area contributed by atoms with Crippen molar-refractivity contribution in [3.8, 4) is 0 Å². The van der Waals surface area contributed by atoms with Crippen LogP contribution < -0.4 is 5.32 Å². The van der Waals surface area contributed by atoms with Crippen molar-refractivity contribution in [2.24, 2.45) is 0 Å². The molecule has 1 aliphatic heterocycles. The van der Waals surface area contributed by atoms with Crippen LogP contribution >= 0.6 is 39.7 Å². The molecule has 0 spiro atoms. The summed E-state index contributed by atoms with van der Waals surface area (Å²) in [6, 6.07) is 7.99. The molecular formula is C16H17BrClF3N2S. The summed E-state index contributed by atoms with van der Waals surface area (Å²) in [7, 11) is 0. The van der Waals surface area contributed by atoms with Crippen molar-refractivity contribution in [3.05, 3.63) is 56.2 Å². The summed E-state index contributed by atoms with van der Waals surface area (Å²) < 4.78 is 39.9. The van der Waals surface area contributed by atoms with Gasteiger partial charge in [-0.15, -0.1) is 23.7 Å². The molecule has 132 valence electrons. The number of thiophene rings is 1. The van der Waals surface area contributed by atoms with E-state index in [2.05, 4.69) is 26.1 Å². The van der Waals surface area contributed by atoms with Crippen LogP contribution in [0.15, 0.2) is 40.2 Å². The van der Waals surface area contributed by atoms with Gasteiger partial charge in [0.15, 0.2) is 0 Å². The first-order valence-electron chi connectivity index (χ1n) is 7.31. The molecule has 0 radical (unpaired) electrons. The minimum atomic E-state index is -4.35. The number of rotatable bonds is 3.